The Balaban J connectivity index is 2.28. The third-order valence-corrected chi connectivity index (χ3v) is 3.66. The Kier molecular flexibility index (Phi) is 4.46. The van der Waals surface area contributed by atoms with E-state index in [1.807, 2.05) is 26.0 Å². The Labute approximate surface area is 123 Å². The van der Waals surface area contributed by atoms with E-state index in [1.54, 1.807) is 18.2 Å². The van der Waals surface area contributed by atoms with Gasteiger partial charge in [-0.3, -0.25) is 4.98 Å². The lowest BCUT2D eigenvalue weighted by Gasteiger charge is -2.14. The van der Waals surface area contributed by atoms with E-state index in [1.165, 1.54) is 0 Å². The van der Waals surface area contributed by atoms with Crippen molar-refractivity contribution < 1.29 is 5.11 Å². The van der Waals surface area contributed by atoms with Gasteiger partial charge in [-0.2, -0.15) is 0 Å². The summed E-state index contributed by atoms with van der Waals surface area (Å²) in [5, 5.41) is 11.5. The van der Waals surface area contributed by atoms with Gasteiger partial charge in [0.1, 0.15) is 0 Å². The minimum atomic E-state index is -0.641. The van der Waals surface area contributed by atoms with Gasteiger partial charge in [0.15, 0.2) is 0 Å². The van der Waals surface area contributed by atoms with E-state index in [4.69, 9.17) is 23.2 Å². The normalized spacial score (nSPS) is 12.5. The molecule has 0 spiro atoms. The van der Waals surface area contributed by atoms with Crippen molar-refractivity contribution in [2.45, 2.75) is 26.4 Å². The number of aliphatic hydroxyl groups is 1. The van der Waals surface area contributed by atoms with Gasteiger partial charge in [0.2, 0.25) is 0 Å². The summed E-state index contributed by atoms with van der Waals surface area (Å²) in [4.78, 5) is 4.30. The number of hydrogen-bond acceptors (Lipinski definition) is 2. The van der Waals surface area contributed by atoms with Crippen molar-refractivity contribution >= 4 is 23.2 Å². The molecule has 0 saturated carbocycles. The molecule has 0 fully saturated rings. The Bertz CT molecular complexity index is 558. The number of nitrogens with zero attached hydrogens (tertiary/aromatic N) is 1. The first kappa shape index (κ1) is 14.3. The van der Waals surface area contributed by atoms with Gasteiger partial charge in [0, 0.05) is 27.9 Å². The monoisotopic (exact) mass is 295 g/mol. The van der Waals surface area contributed by atoms with E-state index in [-0.39, 0.29) is 0 Å². The molecule has 1 N–H and O–H groups in total. The molecule has 0 aliphatic carbocycles. The minimum Gasteiger partial charge on any atom is -0.388 e. The maximum absolute atomic E-state index is 10.3. The molecule has 0 bridgehead atoms. The molecule has 2 aromatic rings. The highest BCUT2D eigenvalue weighted by molar-refractivity contribution is 6.35. The molecule has 2 nitrogen and oxygen atoms in total. The second kappa shape index (κ2) is 5.91. The number of benzene rings is 1. The van der Waals surface area contributed by atoms with Crippen molar-refractivity contribution in [3.8, 4) is 0 Å². The SMILES string of the molecule is Cc1cc(C(O)Cc2c(Cl)cccc2Cl)cc(C)n1. The van der Waals surface area contributed by atoms with Crippen LogP contribution in [0.3, 0.4) is 0 Å². The van der Waals surface area contributed by atoms with E-state index < -0.39 is 6.10 Å². The zero-order valence-electron chi connectivity index (χ0n) is 10.8. The fraction of sp³-hybridized carbons (Fsp3) is 0.267. The van der Waals surface area contributed by atoms with Crippen LogP contribution < -0.4 is 0 Å². The topological polar surface area (TPSA) is 33.1 Å². The van der Waals surface area contributed by atoms with Crippen molar-refractivity contribution in [1.82, 2.24) is 4.98 Å². The van der Waals surface area contributed by atoms with Gasteiger partial charge in [-0.15, -0.1) is 0 Å². The molecule has 1 aromatic heterocycles. The molecule has 2 rings (SSSR count). The number of aliphatic hydroxyl groups excluding tert-OH is 1. The lowest BCUT2D eigenvalue weighted by atomic mass is 10.0. The van der Waals surface area contributed by atoms with Crippen LogP contribution in [-0.2, 0) is 6.42 Å². The number of rotatable bonds is 3. The first-order valence-electron chi connectivity index (χ1n) is 6.03. The molecule has 0 saturated heterocycles. The molecule has 1 unspecified atom stereocenters. The molecular formula is C15H15Cl2NO. The Morgan fingerprint density at radius 2 is 1.63 bits per heavy atom. The molecule has 0 amide bonds. The van der Waals surface area contributed by atoms with Crippen molar-refractivity contribution in [1.29, 1.82) is 0 Å². The third kappa shape index (κ3) is 3.47. The summed E-state index contributed by atoms with van der Waals surface area (Å²) >= 11 is 12.2. The van der Waals surface area contributed by atoms with Crippen LogP contribution in [0.4, 0.5) is 0 Å². The summed E-state index contributed by atoms with van der Waals surface area (Å²) in [6.45, 7) is 3.82. The van der Waals surface area contributed by atoms with Crippen molar-refractivity contribution in [2.24, 2.45) is 0 Å². The number of pyridine rings is 1. The molecule has 0 aliphatic heterocycles. The first-order chi connectivity index (χ1) is 8.97. The van der Waals surface area contributed by atoms with Crippen LogP contribution in [0.2, 0.25) is 10.0 Å². The van der Waals surface area contributed by atoms with E-state index in [2.05, 4.69) is 4.98 Å². The number of aromatic nitrogens is 1. The highest BCUT2D eigenvalue weighted by Crippen LogP contribution is 2.29. The average Bonchev–Trinajstić information content (AvgIpc) is 2.32. The Morgan fingerprint density at radius 3 is 2.16 bits per heavy atom. The minimum absolute atomic E-state index is 0.390. The zero-order chi connectivity index (χ0) is 14.0. The molecule has 1 heterocycles. The fourth-order valence-electron chi connectivity index (χ4n) is 2.10. The van der Waals surface area contributed by atoms with Crippen LogP contribution in [0, 0.1) is 13.8 Å². The van der Waals surface area contributed by atoms with Gasteiger partial charge in [0.05, 0.1) is 6.10 Å². The van der Waals surface area contributed by atoms with Gasteiger partial charge < -0.3 is 5.11 Å². The molecule has 19 heavy (non-hydrogen) atoms. The fourth-order valence-corrected chi connectivity index (χ4v) is 2.65. The van der Waals surface area contributed by atoms with Crippen LogP contribution in [0.5, 0.6) is 0 Å². The second-order valence-electron chi connectivity index (χ2n) is 4.60. The Hall–Kier alpha value is -1.09. The molecule has 1 aromatic carbocycles. The summed E-state index contributed by atoms with van der Waals surface area (Å²) in [5.41, 5.74) is 3.38. The highest BCUT2D eigenvalue weighted by Gasteiger charge is 2.14. The highest BCUT2D eigenvalue weighted by atomic mass is 35.5. The first-order valence-corrected chi connectivity index (χ1v) is 6.79. The molecule has 0 aliphatic rings. The number of halogens is 2. The maximum atomic E-state index is 10.3. The van der Waals surface area contributed by atoms with Gasteiger partial charge in [-0.05, 0) is 49.2 Å². The summed E-state index contributed by atoms with van der Waals surface area (Å²) < 4.78 is 0. The lowest BCUT2D eigenvalue weighted by molar-refractivity contribution is 0.178. The summed E-state index contributed by atoms with van der Waals surface area (Å²) in [6.07, 6.45) is -0.251. The van der Waals surface area contributed by atoms with E-state index >= 15 is 0 Å². The van der Waals surface area contributed by atoms with Crippen LogP contribution >= 0.6 is 23.2 Å². The second-order valence-corrected chi connectivity index (χ2v) is 5.42. The number of hydrogen-bond donors (Lipinski definition) is 1. The van der Waals surface area contributed by atoms with Crippen molar-refractivity contribution in [3.05, 3.63) is 62.9 Å². The van der Waals surface area contributed by atoms with E-state index in [0.29, 0.717) is 16.5 Å². The van der Waals surface area contributed by atoms with Crippen LogP contribution in [0.15, 0.2) is 30.3 Å². The van der Waals surface area contributed by atoms with Gasteiger partial charge in [-0.1, -0.05) is 29.3 Å². The maximum Gasteiger partial charge on any atom is 0.0832 e. The van der Waals surface area contributed by atoms with Gasteiger partial charge in [0.25, 0.3) is 0 Å². The largest absolute Gasteiger partial charge is 0.388 e. The smallest absolute Gasteiger partial charge is 0.0832 e. The molecule has 100 valence electrons. The molecule has 4 heteroatoms. The average molecular weight is 296 g/mol. The summed E-state index contributed by atoms with van der Waals surface area (Å²) in [6, 6.07) is 9.10. The van der Waals surface area contributed by atoms with Crippen molar-refractivity contribution in [2.75, 3.05) is 0 Å². The molecule has 1 atom stereocenters. The number of aryl methyl sites for hydroxylation is 2. The van der Waals surface area contributed by atoms with Crippen LogP contribution in [0.1, 0.15) is 28.6 Å². The lowest BCUT2D eigenvalue weighted by Crippen LogP contribution is -2.04. The predicted octanol–water partition coefficient (Wildman–Crippen LogP) is 4.28. The quantitative estimate of drug-likeness (QED) is 0.917. The third-order valence-electron chi connectivity index (χ3n) is 2.95. The zero-order valence-corrected chi connectivity index (χ0v) is 12.3. The van der Waals surface area contributed by atoms with E-state index in [0.717, 1.165) is 22.5 Å². The van der Waals surface area contributed by atoms with Crippen molar-refractivity contribution in [3.63, 3.8) is 0 Å². The van der Waals surface area contributed by atoms with Crippen LogP contribution in [-0.4, -0.2) is 10.1 Å². The van der Waals surface area contributed by atoms with Gasteiger partial charge >= 0.3 is 0 Å². The molecular weight excluding hydrogens is 281 g/mol. The van der Waals surface area contributed by atoms with Gasteiger partial charge in [-0.25, -0.2) is 0 Å². The summed E-state index contributed by atoms with van der Waals surface area (Å²) in [5.74, 6) is 0. The van der Waals surface area contributed by atoms with Crippen LogP contribution in [0.25, 0.3) is 0 Å². The summed E-state index contributed by atoms with van der Waals surface area (Å²) in [7, 11) is 0. The predicted molar refractivity (Wildman–Crippen MR) is 78.8 cm³/mol. The molecule has 0 radical (unpaired) electrons. The standard InChI is InChI=1S/C15H15Cl2NO/c1-9-6-11(7-10(2)18-9)15(19)8-12-13(16)4-3-5-14(12)17/h3-7,15,19H,8H2,1-2H3. The van der Waals surface area contributed by atoms with E-state index in [9.17, 15) is 5.11 Å². The Morgan fingerprint density at radius 1 is 1.11 bits per heavy atom.